The van der Waals surface area contributed by atoms with Gasteiger partial charge in [0.1, 0.15) is 12.4 Å². The first-order valence-corrected chi connectivity index (χ1v) is 7.26. The molecule has 0 radical (unpaired) electrons. The molecule has 0 amide bonds. The molecule has 0 spiro atoms. The van der Waals surface area contributed by atoms with Gasteiger partial charge in [-0.05, 0) is 36.7 Å². The number of nitrogens with zero attached hydrogens (tertiary/aromatic N) is 3. The Morgan fingerprint density at radius 3 is 1.96 bits per heavy atom. The molecule has 10 heteroatoms. The summed E-state index contributed by atoms with van der Waals surface area (Å²) in [5.74, 6) is 0. The van der Waals surface area contributed by atoms with Gasteiger partial charge in [0.2, 0.25) is 0 Å². The molecule has 0 unspecified atom stereocenters. The van der Waals surface area contributed by atoms with E-state index in [2.05, 4.69) is 9.97 Å². The van der Waals surface area contributed by atoms with E-state index in [1.54, 1.807) is 0 Å². The van der Waals surface area contributed by atoms with E-state index in [1.165, 1.54) is 25.8 Å². The standard InChI is InChI=1S/C14H11F6N3S/c1-23(24-11-6-21-8-22-7-11)12(14(18,19)20)9-2-4-10(5-3-9)13(15,16)17/h2-8,12H,1H3/t12-/m1/s1. The van der Waals surface area contributed by atoms with Gasteiger partial charge in [0.05, 0.1) is 10.5 Å². The van der Waals surface area contributed by atoms with Gasteiger partial charge in [-0.25, -0.2) is 14.3 Å². The predicted octanol–water partition coefficient (Wildman–Crippen LogP) is 4.74. The molecule has 0 bridgehead atoms. The number of alkyl halides is 6. The quantitative estimate of drug-likeness (QED) is 0.577. The molecule has 3 nitrogen and oxygen atoms in total. The van der Waals surface area contributed by atoms with Crippen molar-refractivity contribution in [1.82, 2.24) is 14.3 Å². The Balaban J connectivity index is 2.28. The summed E-state index contributed by atoms with van der Waals surface area (Å²) in [5.41, 5.74) is -1.29. The van der Waals surface area contributed by atoms with Crippen LogP contribution in [0.15, 0.2) is 47.9 Å². The topological polar surface area (TPSA) is 29.0 Å². The molecule has 1 aromatic heterocycles. The molecular formula is C14H11F6N3S. The molecule has 1 heterocycles. The number of hydrogen-bond acceptors (Lipinski definition) is 4. The molecule has 0 saturated carbocycles. The summed E-state index contributed by atoms with van der Waals surface area (Å²) >= 11 is 0.749. The highest BCUT2D eigenvalue weighted by Gasteiger charge is 2.44. The summed E-state index contributed by atoms with van der Waals surface area (Å²) in [6, 6.07) is 0.861. The summed E-state index contributed by atoms with van der Waals surface area (Å²) < 4.78 is 78.7. The van der Waals surface area contributed by atoms with Gasteiger partial charge in [-0.1, -0.05) is 12.1 Å². The van der Waals surface area contributed by atoms with E-state index in [0.717, 1.165) is 28.4 Å². The van der Waals surface area contributed by atoms with Crippen LogP contribution in [0.5, 0.6) is 0 Å². The highest BCUT2D eigenvalue weighted by molar-refractivity contribution is 7.97. The monoisotopic (exact) mass is 367 g/mol. The van der Waals surface area contributed by atoms with Crippen molar-refractivity contribution in [3.63, 3.8) is 0 Å². The fourth-order valence-electron chi connectivity index (χ4n) is 2.01. The minimum Gasteiger partial charge on any atom is -0.244 e. The van der Waals surface area contributed by atoms with Gasteiger partial charge < -0.3 is 0 Å². The smallest absolute Gasteiger partial charge is 0.244 e. The van der Waals surface area contributed by atoms with E-state index in [1.807, 2.05) is 0 Å². The third kappa shape index (κ3) is 4.60. The maximum Gasteiger partial charge on any atom is 0.416 e. The molecule has 0 aliphatic rings. The fraction of sp³-hybridized carbons (Fsp3) is 0.286. The molecule has 0 N–H and O–H groups in total. The van der Waals surface area contributed by atoms with Gasteiger partial charge >= 0.3 is 12.4 Å². The maximum absolute atomic E-state index is 13.4. The minimum absolute atomic E-state index is 0.289. The third-order valence-electron chi connectivity index (χ3n) is 3.01. The van der Waals surface area contributed by atoms with Gasteiger partial charge in [-0.15, -0.1) is 0 Å². The molecule has 0 aliphatic carbocycles. The summed E-state index contributed by atoms with van der Waals surface area (Å²) in [4.78, 5) is 7.79. The number of aromatic nitrogens is 2. The van der Waals surface area contributed by atoms with E-state index < -0.39 is 24.0 Å². The van der Waals surface area contributed by atoms with Crippen molar-refractivity contribution in [2.75, 3.05) is 7.05 Å². The van der Waals surface area contributed by atoms with E-state index in [0.29, 0.717) is 17.0 Å². The van der Waals surface area contributed by atoms with Crippen LogP contribution in [0.1, 0.15) is 17.2 Å². The van der Waals surface area contributed by atoms with E-state index in [-0.39, 0.29) is 5.56 Å². The van der Waals surface area contributed by atoms with Crippen LogP contribution in [-0.2, 0) is 6.18 Å². The van der Waals surface area contributed by atoms with Crippen molar-refractivity contribution in [1.29, 1.82) is 0 Å². The summed E-state index contributed by atoms with van der Waals surface area (Å²) in [6.07, 6.45) is -5.35. The Bertz CT molecular complexity index is 657. The van der Waals surface area contributed by atoms with Crippen LogP contribution < -0.4 is 0 Å². The normalized spacial score (nSPS) is 14.0. The van der Waals surface area contributed by atoms with Crippen molar-refractivity contribution in [2.45, 2.75) is 23.3 Å². The first-order valence-electron chi connectivity index (χ1n) is 6.48. The summed E-state index contributed by atoms with van der Waals surface area (Å²) in [7, 11) is 1.20. The summed E-state index contributed by atoms with van der Waals surface area (Å²) in [6.45, 7) is 0. The zero-order chi connectivity index (χ0) is 18.0. The Kier molecular flexibility index (Phi) is 5.38. The molecule has 2 rings (SSSR count). The van der Waals surface area contributed by atoms with E-state index in [4.69, 9.17) is 0 Å². The Labute approximate surface area is 137 Å². The number of halogens is 6. The average molecular weight is 367 g/mol. The molecule has 2 aromatic rings. The SMILES string of the molecule is CN(Sc1cncnc1)[C@H](c1ccc(C(F)(F)F)cc1)C(F)(F)F. The molecule has 1 atom stereocenters. The zero-order valence-corrected chi connectivity index (χ0v) is 13.0. The van der Waals surface area contributed by atoms with Crippen LogP contribution in [0.25, 0.3) is 0 Å². The maximum atomic E-state index is 13.4. The van der Waals surface area contributed by atoms with Gasteiger partial charge in [0, 0.05) is 12.4 Å². The molecule has 0 aliphatic heterocycles. The van der Waals surface area contributed by atoms with Gasteiger partial charge in [0.25, 0.3) is 0 Å². The van der Waals surface area contributed by atoms with Crippen molar-refractivity contribution in [3.8, 4) is 0 Å². The van der Waals surface area contributed by atoms with Crippen molar-refractivity contribution in [2.24, 2.45) is 0 Å². The lowest BCUT2D eigenvalue weighted by atomic mass is 10.0. The van der Waals surface area contributed by atoms with Crippen LogP contribution in [0.3, 0.4) is 0 Å². The lowest BCUT2D eigenvalue weighted by molar-refractivity contribution is -0.169. The minimum atomic E-state index is -4.67. The lowest BCUT2D eigenvalue weighted by Gasteiger charge is -2.29. The molecule has 24 heavy (non-hydrogen) atoms. The Morgan fingerprint density at radius 2 is 1.50 bits per heavy atom. The van der Waals surface area contributed by atoms with Crippen molar-refractivity contribution in [3.05, 3.63) is 54.1 Å². The van der Waals surface area contributed by atoms with Crippen molar-refractivity contribution < 1.29 is 26.3 Å². The van der Waals surface area contributed by atoms with E-state index in [9.17, 15) is 26.3 Å². The molecule has 0 fully saturated rings. The van der Waals surface area contributed by atoms with Crippen LogP contribution in [0.4, 0.5) is 26.3 Å². The second kappa shape index (κ2) is 6.98. The van der Waals surface area contributed by atoms with Gasteiger partial charge in [0.15, 0.2) is 0 Å². The van der Waals surface area contributed by atoms with Crippen LogP contribution in [0, 0.1) is 0 Å². The number of rotatable bonds is 4. The highest BCUT2D eigenvalue weighted by Crippen LogP contribution is 2.42. The third-order valence-corrected chi connectivity index (χ3v) is 3.93. The summed E-state index contributed by atoms with van der Waals surface area (Å²) in [5, 5.41) is 0. The first kappa shape index (κ1) is 18.5. The second-order valence-corrected chi connectivity index (χ2v) is 6.01. The van der Waals surface area contributed by atoms with Crippen LogP contribution in [0.2, 0.25) is 0 Å². The molecule has 0 saturated heterocycles. The predicted molar refractivity (Wildman–Crippen MR) is 75.9 cm³/mol. The van der Waals surface area contributed by atoms with Crippen molar-refractivity contribution >= 4 is 11.9 Å². The molecule has 1 aromatic carbocycles. The van der Waals surface area contributed by atoms with Crippen LogP contribution in [-0.4, -0.2) is 27.5 Å². The lowest BCUT2D eigenvalue weighted by Crippen LogP contribution is -2.32. The second-order valence-electron chi connectivity index (χ2n) is 4.78. The first-order chi connectivity index (χ1) is 11.1. The highest BCUT2D eigenvalue weighted by atomic mass is 32.2. The largest absolute Gasteiger partial charge is 0.416 e. The number of benzene rings is 1. The zero-order valence-electron chi connectivity index (χ0n) is 12.1. The Hall–Kier alpha value is -1.81. The number of hydrogen-bond donors (Lipinski definition) is 0. The fourth-order valence-corrected chi connectivity index (χ4v) is 2.91. The molecule has 130 valence electrons. The van der Waals surface area contributed by atoms with Gasteiger partial charge in [-0.3, -0.25) is 0 Å². The molecular weight excluding hydrogens is 356 g/mol. The van der Waals surface area contributed by atoms with Gasteiger partial charge in [-0.2, -0.15) is 26.3 Å². The van der Waals surface area contributed by atoms with E-state index >= 15 is 0 Å². The van der Waals surface area contributed by atoms with Crippen LogP contribution >= 0.6 is 11.9 Å². The Morgan fingerprint density at radius 1 is 0.958 bits per heavy atom. The average Bonchev–Trinajstić information content (AvgIpc) is 2.46.